The molecule has 0 spiro atoms. The molecule has 1 unspecified atom stereocenters. The van der Waals surface area contributed by atoms with E-state index in [1.54, 1.807) is 17.5 Å². The van der Waals surface area contributed by atoms with Crippen LogP contribution in [-0.2, 0) is 6.42 Å². The average molecular weight is 269 g/mol. The van der Waals surface area contributed by atoms with Gasteiger partial charge in [-0.1, -0.05) is 18.2 Å². The molecule has 0 saturated carbocycles. The van der Waals surface area contributed by atoms with Crippen LogP contribution in [0, 0.1) is 0 Å². The average Bonchev–Trinajstić information content (AvgIpc) is 2.97. The highest BCUT2D eigenvalue weighted by Gasteiger charge is 2.11. The quantitative estimate of drug-likeness (QED) is 0.777. The van der Waals surface area contributed by atoms with Crippen LogP contribution in [0.5, 0.6) is 0 Å². The second-order valence-electron chi connectivity index (χ2n) is 4.60. The highest BCUT2D eigenvalue weighted by molar-refractivity contribution is 7.07. The van der Waals surface area contributed by atoms with Crippen molar-refractivity contribution in [3.63, 3.8) is 0 Å². The van der Waals surface area contributed by atoms with Gasteiger partial charge in [0.1, 0.15) is 0 Å². The molecule has 1 atom stereocenters. The van der Waals surface area contributed by atoms with E-state index in [1.165, 1.54) is 5.56 Å². The Bertz CT molecular complexity index is 658. The summed E-state index contributed by atoms with van der Waals surface area (Å²) >= 11 is 1.70. The summed E-state index contributed by atoms with van der Waals surface area (Å²) in [5, 5.41) is 15.6. The van der Waals surface area contributed by atoms with Crippen LogP contribution in [0.25, 0.3) is 10.9 Å². The Morgan fingerprint density at radius 1 is 1.16 bits per heavy atom. The summed E-state index contributed by atoms with van der Waals surface area (Å²) in [7, 11) is 0. The Balaban J connectivity index is 1.83. The van der Waals surface area contributed by atoms with Crippen molar-refractivity contribution in [2.45, 2.75) is 18.9 Å². The molecule has 2 heterocycles. The van der Waals surface area contributed by atoms with Crippen LogP contribution < -0.4 is 0 Å². The van der Waals surface area contributed by atoms with Crippen LogP contribution in [0.1, 0.15) is 23.7 Å². The molecule has 2 nitrogen and oxygen atoms in total. The van der Waals surface area contributed by atoms with Gasteiger partial charge in [0.05, 0.1) is 11.6 Å². The van der Waals surface area contributed by atoms with Gasteiger partial charge in [0.15, 0.2) is 0 Å². The Labute approximate surface area is 116 Å². The number of aromatic nitrogens is 1. The fourth-order valence-electron chi connectivity index (χ4n) is 2.31. The number of nitrogens with zero attached hydrogens (tertiary/aromatic N) is 1. The van der Waals surface area contributed by atoms with E-state index >= 15 is 0 Å². The van der Waals surface area contributed by atoms with Gasteiger partial charge in [0.2, 0.25) is 0 Å². The van der Waals surface area contributed by atoms with Gasteiger partial charge in [-0.05, 0) is 52.9 Å². The van der Waals surface area contributed by atoms with E-state index in [0.29, 0.717) is 0 Å². The second-order valence-corrected chi connectivity index (χ2v) is 5.38. The Morgan fingerprint density at radius 2 is 2.11 bits per heavy atom. The Hall–Kier alpha value is -1.71. The second kappa shape index (κ2) is 5.51. The molecule has 19 heavy (non-hydrogen) atoms. The molecule has 3 aromatic rings. The van der Waals surface area contributed by atoms with E-state index in [4.69, 9.17) is 0 Å². The van der Waals surface area contributed by atoms with Crippen molar-refractivity contribution in [3.8, 4) is 0 Å². The monoisotopic (exact) mass is 269 g/mol. The lowest BCUT2D eigenvalue weighted by Gasteiger charge is -2.13. The van der Waals surface area contributed by atoms with Crippen LogP contribution in [0.15, 0.2) is 53.4 Å². The molecule has 1 N–H and O–H groups in total. The summed E-state index contributed by atoms with van der Waals surface area (Å²) in [5.74, 6) is 0. The highest BCUT2D eigenvalue weighted by Crippen LogP contribution is 2.26. The molecule has 1 aromatic carbocycles. The first-order chi connectivity index (χ1) is 9.34. The maximum atomic E-state index is 10.4. The molecule has 0 bridgehead atoms. The third kappa shape index (κ3) is 2.67. The number of pyridine rings is 1. The molecule has 0 saturated heterocycles. The van der Waals surface area contributed by atoms with Crippen molar-refractivity contribution >= 4 is 22.2 Å². The normalized spacial score (nSPS) is 12.7. The lowest BCUT2D eigenvalue weighted by Crippen LogP contribution is -2.00. The van der Waals surface area contributed by atoms with E-state index < -0.39 is 6.10 Å². The number of hydrogen-bond acceptors (Lipinski definition) is 3. The molecular weight excluding hydrogens is 254 g/mol. The number of benzene rings is 1. The summed E-state index contributed by atoms with van der Waals surface area (Å²) in [6.45, 7) is 0. The number of aryl methyl sites for hydroxylation is 1. The fourth-order valence-corrected chi connectivity index (χ4v) is 3.01. The first kappa shape index (κ1) is 12.3. The summed E-state index contributed by atoms with van der Waals surface area (Å²) < 4.78 is 0. The van der Waals surface area contributed by atoms with E-state index in [1.807, 2.05) is 30.3 Å². The first-order valence-corrected chi connectivity index (χ1v) is 7.31. The highest BCUT2D eigenvalue weighted by atomic mass is 32.1. The smallest absolute Gasteiger partial charge is 0.0799 e. The van der Waals surface area contributed by atoms with E-state index in [0.717, 1.165) is 29.3 Å². The number of aliphatic hydroxyl groups is 1. The minimum atomic E-state index is -0.437. The zero-order chi connectivity index (χ0) is 13.1. The van der Waals surface area contributed by atoms with E-state index in [2.05, 4.69) is 21.8 Å². The molecular formula is C16H15NOS. The van der Waals surface area contributed by atoms with Crippen molar-refractivity contribution < 1.29 is 5.11 Å². The molecule has 0 amide bonds. The Kier molecular flexibility index (Phi) is 3.58. The summed E-state index contributed by atoms with van der Waals surface area (Å²) in [4.78, 5) is 4.32. The van der Waals surface area contributed by atoms with Gasteiger partial charge in [-0.15, -0.1) is 0 Å². The Morgan fingerprint density at radius 3 is 2.95 bits per heavy atom. The molecule has 3 rings (SSSR count). The molecule has 3 heteroatoms. The lowest BCUT2D eigenvalue weighted by molar-refractivity contribution is 0.169. The maximum absolute atomic E-state index is 10.4. The van der Waals surface area contributed by atoms with Crippen molar-refractivity contribution in [3.05, 3.63) is 64.5 Å². The van der Waals surface area contributed by atoms with Gasteiger partial charge in [0.25, 0.3) is 0 Å². The molecule has 0 aliphatic carbocycles. The van der Waals surface area contributed by atoms with Crippen LogP contribution in [0.4, 0.5) is 0 Å². The van der Waals surface area contributed by atoms with Gasteiger partial charge in [-0.2, -0.15) is 11.3 Å². The van der Waals surface area contributed by atoms with Crippen molar-refractivity contribution in [2.24, 2.45) is 0 Å². The van der Waals surface area contributed by atoms with Crippen LogP contribution in [0.2, 0.25) is 0 Å². The molecule has 0 fully saturated rings. The topological polar surface area (TPSA) is 33.1 Å². The maximum Gasteiger partial charge on any atom is 0.0799 e. The largest absolute Gasteiger partial charge is 0.388 e. The lowest BCUT2D eigenvalue weighted by atomic mass is 9.99. The number of thiophene rings is 1. The van der Waals surface area contributed by atoms with Gasteiger partial charge in [0, 0.05) is 11.6 Å². The van der Waals surface area contributed by atoms with Crippen molar-refractivity contribution in [2.75, 3.05) is 0 Å². The number of fused-ring (bicyclic) bond motifs is 1. The SMILES string of the molecule is OC(CCc1ccsc1)c1cccc2ncccc12. The fraction of sp³-hybridized carbons (Fsp3) is 0.188. The van der Waals surface area contributed by atoms with Crippen LogP contribution >= 0.6 is 11.3 Å². The van der Waals surface area contributed by atoms with Crippen LogP contribution in [0.3, 0.4) is 0 Å². The van der Waals surface area contributed by atoms with E-state index in [9.17, 15) is 5.11 Å². The zero-order valence-electron chi connectivity index (χ0n) is 10.5. The molecule has 96 valence electrons. The summed E-state index contributed by atoms with van der Waals surface area (Å²) in [5.41, 5.74) is 3.21. The van der Waals surface area contributed by atoms with Crippen LogP contribution in [-0.4, -0.2) is 10.1 Å². The van der Waals surface area contributed by atoms with Gasteiger partial charge in [-0.3, -0.25) is 4.98 Å². The third-order valence-corrected chi connectivity index (χ3v) is 4.06. The number of aliphatic hydroxyl groups excluding tert-OH is 1. The predicted molar refractivity (Wildman–Crippen MR) is 79.3 cm³/mol. The third-order valence-electron chi connectivity index (χ3n) is 3.32. The van der Waals surface area contributed by atoms with E-state index in [-0.39, 0.29) is 0 Å². The predicted octanol–water partition coefficient (Wildman–Crippen LogP) is 3.96. The molecule has 0 aliphatic rings. The minimum absolute atomic E-state index is 0.437. The number of hydrogen-bond donors (Lipinski definition) is 1. The summed E-state index contributed by atoms with van der Waals surface area (Å²) in [6, 6.07) is 12.0. The van der Waals surface area contributed by atoms with Crippen molar-refractivity contribution in [1.29, 1.82) is 0 Å². The van der Waals surface area contributed by atoms with Crippen molar-refractivity contribution in [1.82, 2.24) is 4.98 Å². The molecule has 0 aliphatic heterocycles. The molecule has 0 radical (unpaired) electrons. The zero-order valence-corrected chi connectivity index (χ0v) is 11.3. The van der Waals surface area contributed by atoms with Gasteiger partial charge in [-0.25, -0.2) is 0 Å². The number of rotatable bonds is 4. The summed E-state index contributed by atoms with van der Waals surface area (Å²) in [6.07, 6.45) is 2.99. The first-order valence-electron chi connectivity index (χ1n) is 6.37. The minimum Gasteiger partial charge on any atom is -0.388 e. The molecule has 2 aromatic heterocycles. The van der Waals surface area contributed by atoms with Gasteiger partial charge < -0.3 is 5.11 Å². The van der Waals surface area contributed by atoms with Gasteiger partial charge >= 0.3 is 0 Å². The standard InChI is InChI=1S/C16H15NOS/c18-16(7-6-12-8-10-19-11-12)14-3-1-5-15-13(14)4-2-9-17-15/h1-5,8-11,16,18H,6-7H2.